The van der Waals surface area contributed by atoms with E-state index in [1.807, 2.05) is 25.1 Å². The van der Waals surface area contributed by atoms with Gasteiger partial charge in [-0.05, 0) is 25.5 Å². The van der Waals surface area contributed by atoms with E-state index >= 15 is 0 Å². The molecule has 0 atom stereocenters. The Hall–Kier alpha value is -1.31. The highest BCUT2D eigenvalue weighted by molar-refractivity contribution is 5.99. The molecule has 1 aromatic rings. The molecule has 0 amide bonds. The summed E-state index contributed by atoms with van der Waals surface area (Å²) in [5, 5.41) is 0. The van der Waals surface area contributed by atoms with E-state index in [0.29, 0.717) is 13.0 Å². The summed E-state index contributed by atoms with van der Waals surface area (Å²) in [5.74, 6) is 0.948. The molecule has 0 aliphatic carbocycles. The highest BCUT2D eigenvalue weighted by Gasteiger charge is 2.15. The summed E-state index contributed by atoms with van der Waals surface area (Å²) in [7, 11) is 0. The van der Waals surface area contributed by atoms with Crippen molar-refractivity contribution in [3.63, 3.8) is 0 Å². The number of ketones is 1. The van der Waals surface area contributed by atoms with E-state index in [0.717, 1.165) is 23.3 Å². The summed E-state index contributed by atoms with van der Waals surface area (Å²) in [6, 6.07) is 5.76. The van der Waals surface area contributed by atoms with Gasteiger partial charge >= 0.3 is 0 Å². The van der Waals surface area contributed by atoms with Crippen LogP contribution >= 0.6 is 0 Å². The molecule has 1 aliphatic heterocycles. The topological polar surface area (TPSA) is 26.3 Å². The second kappa shape index (κ2) is 3.21. The Morgan fingerprint density at radius 2 is 2.23 bits per heavy atom. The van der Waals surface area contributed by atoms with Crippen LogP contribution in [0.5, 0.6) is 5.75 Å². The van der Waals surface area contributed by atoms with Gasteiger partial charge in [0.05, 0.1) is 12.2 Å². The number of hydrogen-bond donors (Lipinski definition) is 0. The molecule has 0 unspecified atom stereocenters. The molecular weight excluding hydrogens is 164 g/mol. The van der Waals surface area contributed by atoms with Crippen LogP contribution in [0.25, 0.3) is 0 Å². The smallest absolute Gasteiger partial charge is 0.166 e. The Labute approximate surface area is 77.5 Å². The molecule has 2 rings (SSSR count). The van der Waals surface area contributed by atoms with Crippen molar-refractivity contribution in [1.82, 2.24) is 0 Å². The summed E-state index contributed by atoms with van der Waals surface area (Å²) in [5.41, 5.74) is 1.86. The third kappa shape index (κ3) is 1.57. The fraction of sp³-hybridized carbons (Fsp3) is 0.364. The molecule has 0 saturated carbocycles. The van der Waals surface area contributed by atoms with Crippen molar-refractivity contribution < 1.29 is 9.53 Å². The Balaban J connectivity index is 2.49. The van der Waals surface area contributed by atoms with E-state index in [9.17, 15) is 4.79 Å². The maximum absolute atomic E-state index is 11.6. The zero-order valence-corrected chi connectivity index (χ0v) is 7.67. The number of Topliss-reactive ketones (excluding diaryl/α,β-unsaturated/α-hetero) is 1. The van der Waals surface area contributed by atoms with Gasteiger partial charge in [-0.2, -0.15) is 0 Å². The van der Waals surface area contributed by atoms with Crippen LogP contribution in [0, 0.1) is 6.92 Å². The SMILES string of the molecule is Cc1ccc2c(c1)C(=O)CCCO2. The molecule has 0 fully saturated rings. The molecule has 2 nitrogen and oxygen atoms in total. The van der Waals surface area contributed by atoms with Gasteiger partial charge in [0, 0.05) is 6.42 Å². The number of aryl methyl sites for hydroxylation is 1. The van der Waals surface area contributed by atoms with Crippen molar-refractivity contribution in [2.75, 3.05) is 6.61 Å². The number of benzene rings is 1. The summed E-state index contributed by atoms with van der Waals surface area (Å²) in [6.07, 6.45) is 1.43. The van der Waals surface area contributed by atoms with E-state index in [-0.39, 0.29) is 5.78 Å². The predicted molar refractivity (Wildman–Crippen MR) is 50.2 cm³/mol. The lowest BCUT2D eigenvalue weighted by Crippen LogP contribution is -1.97. The van der Waals surface area contributed by atoms with Crippen LogP contribution in [-0.2, 0) is 0 Å². The molecule has 0 bridgehead atoms. The standard InChI is InChI=1S/C11H12O2/c1-8-4-5-11-9(7-8)10(12)3-2-6-13-11/h4-5,7H,2-3,6H2,1H3. The number of fused-ring (bicyclic) bond motifs is 1. The lowest BCUT2D eigenvalue weighted by atomic mass is 10.0. The molecular formula is C11H12O2. The third-order valence-corrected chi connectivity index (χ3v) is 2.24. The van der Waals surface area contributed by atoms with Crippen LogP contribution < -0.4 is 4.74 Å². The molecule has 0 N–H and O–H groups in total. The minimum atomic E-state index is 0.205. The Bertz CT molecular complexity index is 342. The van der Waals surface area contributed by atoms with Crippen LogP contribution in [0.3, 0.4) is 0 Å². The van der Waals surface area contributed by atoms with Gasteiger partial charge in [-0.3, -0.25) is 4.79 Å². The van der Waals surface area contributed by atoms with Crippen molar-refractivity contribution in [3.8, 4) is 5.75 Å². The van der Waals surface area contributed by atoms with Gasteiger partial charge in [0.1, 0.15) is 5.75 Å². The normalized spacial score (nSPS) is 15.9. The molecule has 0 saturated heterocycles. The van der Waals surface area contributed by atoms with Crippen LogP contribution in [0.4, 0.5) is 0 Å². The molecule has 68 valence electrons. The Kier molecular flexibility index (Phi) is 2.05. The van der Waals surface area contributed by atoms with E-state index in [4.69, 9.17) is 4.74 Å². The van der Waals surface area contributed by atoms with E-state index in [1.54, 1.807) is 0 Å². The van der Waals surface area contributed by atoms with Crippen molar-refractivity contribution in [1.29, 1.82) is 0 Å². The quantitative estimate of drug-likeness (QED) is 0.606. The first kappa shape index (κ1) is 8.30. The summed E-state index contributed by atoms with van der Waals surface area (Å²) in [6.45, 7) is 2.64. The van der Waals surface area contributed by atoms with Gasteiger partial charge in [-0.1, -0.05) is 11.6 Å². The first-order valence-corrected chi connectivity index (χ1v) is 4.54. The van der Waals surface area contributed by atoms with Gasteiger partial charge in [0.2, 0.25) is 0 Å². The third-order valence-electron chi connectivity index (χ3n) is 2.24. The molecule has 1 aliphatic rings. The number of ether oxygens (including phenoxy) is 1. The largest absolute Gasteiger partial charge is 0.493 e. The molecule has 0 radical (unpaired) electrons. The maximum Gasteiger partial charge on any atom is 0.166 e. The molecule has 0 aromatic heterocycles. The number of carbonyl (C=O) groups excluding carboxylic acids is 1. The van der Waals surface area contributed by atoms with Gasteiger partial charge in [0.25, 0.3) is 0 Å². The van der Waals surface area contributed by atoms with E-state index in [2.05, 4.69) is 0 Å². The van der Waals surface area contributed by atoms with Crippen molar-refractivity contribution in [2.45, 2.75) is 19.8 Å². The van der Waals surface area contributed by atoms with Crippen LogP contribution in [0.2, 0.25) is 0 Å². The second-order valence-electron chi connectivity index (χ2n) is 3.37. The zero-order valence-electron chi connectivity index (χ0n) is 7.67. The Morgan fingerprint density at radius 1 is 1.38 bits per heavy atom. The average molecular weight is 176 g/mol. The fourth-order valence-electron chi connectivity index (χ4n) is 1.54. The summed E-state index contributed by atoms with van der Waals surface area (Å²) < 4.78 is 5.45. The number of carbonyl (C=O) groups is 1. The highest BCUT2D eigenvalue weighted by atomic mass is 16.5. The molecule has 13 heavy (non-hydrogen) atoms. The van der Waals surface area contributed by atoms with Gasteiger partial charge in [-0.25, -0.2) is 0 Å². The molecule has 1 heterocycles. The lowest BCUT2D eigenvalue weighted by Gasteiger charge is -2.05. The van der Waals surface area contributed by atoms with E-state index in [1.165, 1.54) is 0 Å². The van der Waals surface area contributed by atoms with Gasteiger partial charge in [0.15, 0.2) is 5.78 Å². The van der Waals surface area contributed by atoms with Gasteiger partial charge in [-0.15, -0.1) is 0 Å². The maximum atomic E-state index is 11.6. The first-order valence-electron chi connectivity index (χ1n) is 4.54. The monoisotopic (exact) mass is 176 g/mol. The fourth-order valence-corrected chi connectivity index (χ4v) is 1.54. The predicted octanol–water partition coefficient (Wildman–Crippen LogP) is 2.35. The minimum absolute atomic E-state index is 0.205. The van der Waals surface area contributed by atoms with E-state index < -0.39 is 0 Å². The van der Waals surface area contributed by atoms with Crippen LogP contribution in [0.1, 0.15) is 28.8 Å². The molecule has 1 aromatic carbocycles. The minimum Gasteiger partial charge on any atom is -0.493 e. The Morgan fingerprint density at radius 3 is 3.08 bits per heavy atom. The average Bonchev–Trinajstić information content (AvgIpc) is 2.29. The van der Waals surface area contributed by atoms with Crippen LogP contribution in [-0.4, -0.2) is 12.4 Å². The first-order chi connectivity index (χ1) is 6.27. The molecule has 2 heteroatoms. The van der Waals surface area contributed by atoms with Crippen molar-refractivity contribution in [3.05, 3.63) is 29.3 Å². The summed E-state index contributed by atoms with van der Waals surface area (Å²) in [4.78, 5) is 11.6. The lowest BCUT2D eigenvalue weighted by molar-refractivity contribution is 0.0983. The van der Waals surface area contributed by atoms with Crippen molar-refractivity contribution >= 4 is 5.78 Å². The zero-order chi connectivity index (χ0) is 9.26. The van der Waals surface area contributed by atoms with Crippen LogP contribution in [0.15, 0.2) is 18.2 Å². The second-order valence-corrected chi connectivity index (χ2v) is 3.37. The van der Waals surface area contributed by atoms with Crippen molar-refractivity contribution in [2.24, 2.45) is 0 Å². The number of rotatable bonds is 0. The summed E-state index contributed by atoms with van der Waals surface area (Å²) >= 11 is 0. The van der Waals surface area contributed by atoms with Gasteiger partial charge < -0.3 is 4.74 Å². The molecule has 0 spiro atoms. The number of hydrogen-bond acceptors (Lipinski definition) is 2. The highest BCUT2D eigenvalue weighted by Crippen LogP contribution is 2.24.